The number of rotatable bonds is 14. The van der Waals surface area contributed by atoms with Gasteiger partial charge >= 0.3 is 0 Å². The number of aromatic nitrogens is 10. The maximum Gasteiger partial charge on any atom is 0.213 e. The molecular weight excluding hydrogens is 708 g/mol. The van der Waals surface area contributed by atoms with Crippen LogP contribution in [0.3, 0.4) is 0 Å². The summed E-state index contributed by atoms with van der Waals surface area (Å²) < 4.78 is 37.1. The van der Waals surface area contributed by atoms with Crippen molar-refractivity contribution in [3.63, 3.8) is 0 Å². The van der Waals surface area contributed by atoms with Gasteiger partial charge in [0.15, 0.2) is 24.2 Å². The van der Waals surface area contributed by atoms with Crippen molar-refractivity contribution in [3.05, 3.63) is 96.1 Å². The van der Waals surface area contributed by atoms with Gasteiger partial charge in [-0.05, 0) is 39.8 Å². The second-order valence-corrected chi connectivity index (χ2v) is 12.6. The molecule has 7 heterocycles. The highest BCUT2D eigenvalue weighted by atomic mass is 16.7. The Kier molecular flexibility index (Phi) is 12.7. The lowest BCUT2D eigenvalue weighted by molar-refractivity contribution is -0.0460. The number of carbonyl (C=O) groups is 1. The zero-order valence-electron chi connectivity index (χ0n) is 31.4. The Morgan fingerprint density at radius 3 is 1.75 bits per heavy atom. The molecule has 286 valence electrons. The fourth-order valence-electron chi connectivity index (χ4n) is 5.57. The zero-order chi connectivity index (χ0) is 38.7. The Morgan fingerprint density at radius 2 is 1.24 bits per heavy atom. The number of pyridine rings is 4. The van der Waals surface area contributed by atoms with Crippen LogP contribution < -0.4 is 18.9 Å². The second kappa shape index (κ2) is 18.1. The predicted octanol–water partition coefficient (Wildman–Crippen LogP) is 5.67. The molecule has 6 aromatic rings. The maximum atomic E-state index is 11.3. The Hall–Kier alpha value is -6.33. The van der Waals surface area contributed by atoms with Crippen LogP contribution in [0.15, 0.2) is 73.8 Å². The van der Waals surface area contributed by atoms with Crippen molar-refractivity contribution >= 4 is 6.29 Å². The van der Waals surface area contributed by atoms with E-state index in [4.69, 9.17) is 28.4 Å². The van der Waals surface area contributed by atoms with Crippen LogP contribution in [-0.4, -0.2) is 83.2 Å². The number of methoxy groups -OCH3 is 2. The summed E-state index contributed by atoms with van der Waals surface area (Å²) in [5.74, 6) is 3.14. The standard InChI is InChI=1S/C20H23N5O4.C18H19N5O3/c1-13(2)25-19(23-12-24-25)18-14(5-4-6-21-18)11-29-16-10-22-17(26-3)9-15(16)20-27-7-8-28-20;1-12(2)23-18(21-11-22-23)17-13(5-4-6-19-17)10-26-15-8-20-16(25-3)7-14(15)9-24/h4-6,9-10,12-13,20H,7-8,11H2,1-3H3;4-9,11-12H,10H2,1-3H3. The SMILES string of the molecule is COc1cc(C2OCCO2)c(OCc2cccnc2-c2ncnn2C(C)C)cn1.COc1cc(C=O)c(OCc2cccnc2-c2ncnn2C(C)C)cn1. The average Bonchev–Trinajstić information content (AvgIpc) is 4.03. The van der Waals surface area contributed by atoms with Crippen LogP contribution in [0.5, 0.6) is 23.3 Å². The molecule has 1 aliphatic rings. The number of ether oxygens (including phenoxy) is 6. The Bertz CT molecular complexity index is 2180. The highest BCUT2D eigenvalue weighted by Gasteiger charge is 2.24. The van der Waals surface area contributed by atoms with E-state index < -0.39 is 6.29 Å². The Labute approximate surface area is 317 Å². The van der Waals surface area contributed by atoms with Gasteiger partial charge in [-0.15, -0.1) is 0 Å². The quantitative estimate of drug-likeness (QED) is 0.124. The van der Waals surface area contributed by atoms with Gasteiger partial charge in [-0.2, -0.15) is 10.2 Å². The Morgan fingerprint density at radius 1 is 0.727 bits per heavy atom. The van der Waals surface area contributed by atoms with E-state index in [0.29, 0.717) is 65.7 Å². The second-order valence-electron chi connectivity index (χ2n) is 12.6. The van der Waals surface area contributed by atoms with Crippen LogP contribution in [0.1, 0.15) is 73.1 Å². The normalized spacial score (nSPS) is 12.7. The Balaban J connectivity index is 0.000000188. The first-order valence-electron chi connectivity index (χ1n) is 17.5. The third kappa shape index (κ3) is 9.08. The van der Waals surface area contributed by atoms with Crippen molar-refractivity contribution in [2.45, 2.75) is 59.3 Å². The lowest BCUT2D eigenvalue weighted by atomic mass is 10.2. The molecule has 0 aliphatic carbocycles. The summed E-state index contributed by atoms with van der Waals surface area (Å²) in [6.07, 6.45) is 9.77. The molecule has 0 bridgehead atoms. The number of nitrogens with zero attached hydrogens (tertiary/aromatic N) is 10. The molecule has 1 fully saturated rings. The molecule has 1 aliphatic heterocycles. The highest BCUT2D eigenvalue weighted by molar-refractivity contribution is 5.79. The van der Waals surface area contributed by atoms with E-state index >= 15 is 0 Å². The van der Waals surface area contributed by atoms with Gasteiger partial charge in [0.05, 0.1) is 51.0 Å². The van der Waals surface area contributed by atoms with Gasteiger partial charge in [-0.3, -0.25) is 14.8 Å². The first-order chi connectivity index (χ1) is 26.8. The predicted molar refractivity (Wildman–Crippen MR) is 198 cm³/mol. The van der Waals surface area contributed by atoms with Crippen molar-refractivity contribution in [2.75, 3.05) is 27.4 Å². The molecule has 17 heteroatoms. The third-order valence-corrected chi connectivity index (χ3v) is 8.26. The molecule has 55 heavy (non-hydrogen) atoms. The first kappa shape index (κ1) is 38.4. The summed E-state index contributed by atoms with van der Waals surface area (Å²) in [5.41, 5.74) is 4.24. The fraction of sp³-hybridized carbons (Fsp3) is 0.342. The maximum absolute atomic E-state index is 11.3. The van der Waals surface area contributed by atoms with Gasteiger partial charge in [0, 0.05) is 47.7 Å². The van der Waals surface area contributed by atoms with E-state index in [-0.39, 0.29) is 25.3 Å². The number of hydrogen-bond acceptors (Lipinski definition) is 15. The molecule has 17 nitrogen and oxygen atoms in total. The molecule has 0 amide bonds. The minimum absolute atomic E-state index is 0.149. The summed E-state index contributed by atoms with van der Waals surface area (Å²) >= 11 is 0. The van der Waals surface area contributed by atoms with Crippen LogP contribution in [0.2, 0.25) is 0 Å². The summed E-state index contributed by atoms with van der Waals surface area (Å²) in [5, 5.41) is 8.56. The molecule has 7 rings (SSSR count). The van der Waals surface area contributed by atoms with Crippen LogP contribution in [0, 0.1) is 0 Å². The van der Waals surface area contributed by atoms with E-state index in [1.807, 2.05) is 56.6 Å². The van der Waals surface area contributed by atoms with Crippen molar-refractivity contribution in [1.29, 1.82) is 0 Å². The van der Waals surface area contributed by atoms with Gasteiger partial charge in [0.2, 0.25) is 11.8 Å². The first-order valence-corrected chi connectivity index (χ1v) is 17.5. The molecule has 0 saturated carbocycles. The van der Waals surface area contributed by atoms with Gasteiger partial charge in [-0.25, -0.2) is 29.3 Å². The molecule has 6 aromatic heterocycles. The largest absolute Gasteiger partial charge is 0.487 e. The molecule has 0 unspecified atom stereocenters. The minimum Gasteiger partial charge on any atom is -0.487 e. The average molecular weight is 751 g/mol. The smallest absolute Gasteiger partial charge is 0.213 e. The highest BCUT2D eigenvalue weighted by Crippen LogP contribution is 2.34. The summed E-state index contributed by atoms with van der Waals surface area (Å²) in [6, 6.07) is 11.2. The van der Waals surface area contributed by atoms with E-state index in [1.54, 1.807) is 36.4 Å². The van der Waals surface area contributed by atoms with Crippen LogP contribution >= 0.6 is 0 Å². The van der Waals surface area contributed by atoms with Gasteiger partial charge < -0.3 is 28.4 Å². The fourth-order valence-corrected chi connectivity index (χ4v) is 5.57. The number of hydrogen-bond donors (Lipinski definition) is 0. The van der Waals surface area contributed by atoms with Crippen LogP contribution in [0.4, 0.5) is 0 Å². The molecule has 0 atom stereocenters. The van der Waals surface area contributed by atoms with E-state index in [0.717, 1.165) is 22.4 Å². The van der Waals surface area contributed by atoms with Crippen molar-refractivity contribution < 1.29 is 33.2 Å². The zero-order valence-corrected chi connectivity index (χ0v) is 31.4. The van der Waals surface area contributed by atoms with Crippen LogP contribution in [-0.2, 0) is 22.7 Å². The monoisotopic (exact) mass is 750 g/mol. The third-order valence-electron chi connectivity index (χ3n) is 8.26. The van der Waals surface area contributed by atoms with Crippen molar-refractivity contribution in [1.82, 2.24) is 49.5 Å². The lowest BCUT2D eigenvalue weighted by Crippen LogP contribution is -2.09. The molecule has 1 saturated heterocycles. The minimum atomic E-state index is -0.501. The molecule has 0 aromatic carbocycles. The van der Waals surface area contributed by atoms with Gasteiger partial charge in [0.1, 0.15) is 48.8 Å². The summed E-state index contributed by atoms with van der Waals surface area (Å²) in [4.78, 5) is 37.3. The topological polar surface area (TPSA) is 185 Å². The van der Waals surface area contributed by atoms with Gasteiger partial charge in [-0.1, -0.05) is 12.1 Å². The van der Waals surface area contributed by atoms with Crippen LogP contribution in [0.25, 0.3) is 23.0 Å². The number of aldehydes is 1. The van der Waals surface area contributed by atoms with Crippen molar-refractivity contribution in [2.24, 2.45) is 0 Å². The van der Waals surface area contributed by atoms with E-state index in [9.17, 15) is 4.79 Å². The van der Waals surface area contributed by atoms with Gasteiger partial charge in [0.25, 0.3) is 0 Å². The number of carbonyl (C=O) groups excluding carboxylic acids is 1. The summed E-state index contributed by atoms with van der Waals surface area (Å²) in [7, 11) is 3.06. The molecule has 0 spiro atoms. The lowest BCUT2D eigenvalue weighted by Gasteiger charge is -2.17. The summed E-state index contributed by atoms with van der Waals surface area (Å²) in [6.45, 7) is 9.71. The van der Waals surface area contributed by atoms with Crippen molar-refractivity contribution in [3.8, 4) is 46.3 Å². The molecular formula is C38H42N10O7. The molecule has 0 radical (unpaired) electrons. The molecule has 0 N–H and O–H groups in total. The van der Waals surface area contributed by atoms with E-state index in [2.05, 4.69) is 40.1 Å². The van der Waals surface area contributed by atoms with E-state index in [1.165, 1.54) is 32.0 Å².